The lowest BCUT2D eigenvalue weighted by Gasteiger charge is -2.39. The van der Waals surface area contributed by atoms with Gasteiger partial charge in [0, 0.05) is 68.7 Å². The van der Waals surface area contributed by atoms with Gasteiger partial charge in [0.05, 0.1) is 24.0 Å². The molecule has 6 atom stereocenters. The number of rotatable bonds is 13. The number of anilines is 2. The number of aryl methyl sites for hydroxylation is 1. The molecule has 2 aromatic rings. The Morgan fingerprint density at radius 3 is 2.30 bits per heavy atom. The smallest absolute Gasteiger partial charge is 0.244 e. The van der Waals surface area contributed by atoms with Gasteiger partial charge in [-0.05, 0) is 54.7 Å². The average Bonchev–Trinajstić information content (AvgIpc) is 3.84. The molecule has 0 bridgehead atoms. The number of para-hydroxylation sites is 2. The van der Waals surface area contributed by atoms with Crippen LogP contribution in [0.4, 0.5) is 15.8 Å². The van der Waals surface area contributed by atoms with E-state index in [9.17, 15) is 34.4 Å². The molecule has 258 valence electrons. The van der Waals surface area contributed by atoms with Gasteiger partial charge in [0.15, 0.2) is 0 Å². The molecule has 0 radical (unpaired) electrons. The predicted molar refractivity (Wildman–Crippen MR) is 176 cm³/mol. The largest absolute Gasteiger partial charge is 0.394 e. The van der Waals surface area contributed by atoms with Gasteiger partial charge in [-0.3, -0.25) is 14.5 Å². The molecule has 11 nitrogen and oxygen atoms in total. The molecule has 5 N–H and O–H groups in total. The Hall–Kier alpha value is -2.55. The van der Waals surface area contributed by atoms with E-state index in [-0.39, 0.29) is 50.7 Å². The summed E-state index contributed by atoms with van der Waals surface area (Å²) in [5, 5.41) is 49.2. The van der Waals surface area contributed by atoms with Crippen molar-refractivity contribution in [2.45, 2.75) is 81.3 Å². The van der Waals surface area contributed by atoms with Crippen molar-refractivity contribution in [3.63, 3.8) is 0 Å². The molecular formula is C33H43Cl2FN4O7. The van der Waals surface area contributed by atoms with Crippen molar-refractivity contribution in [1.82, 2.24) is 9.80 Å². The summed E-state index contributed by atoms with van der Waals surface area (Å²) >= 11 is 13.3. The summed E-state index contributed by atoms with van der Waals surface area (Å²) in [6.45, 7) is 0.459. The molecule has 2 fully saturated rings. The third-order valence-corrected chi connectivity index (χ3v) is 10.1. The summed E-state index contributed by atoms with van der Waals surface area (Å²) in [4.78, 5) is 33.8. The minimum absolute atomic E-state index is 0.00174. The summed E-state index contributed by atoms with van der Waals surface area (Å²) in [5.41, 5.74) is 3.13. The van der Waals surface area contributed by atoms with E-state index in [0.717, 1.165) is 30.8 Å². The molecule has 5 rings (SSSR count). The molecule has 0 aromatic heterocycles. The predicted octanol–water partition coefficient (Wildman–Crippen LogP) is 1.75. The SMILES string of the molecule is CN(C[C@H](O)[C@@H](O)[C@@H](O)[C@H](O)CO)C(=O)CCc1cc(Cl)c(CN2C[C@@H](F)C[C@H]2C(=O)N2CCN(C3CC3)c3ccccc32)cc1Cl. The highest BCUT2D eigenvalue weighted by Gasteiger charge is 2.42. The first-order valence-electron chi connectivity index (χ1n) is 16.0. The minimum Gasteiger partial charge on any atom is -0.394 e. The molecule has 14 heteroatoms. The zero-order chi connectivity index (χ0) is 34.0. The molecule has 47 heavy (non-hydrogen) atoms. The van der Waals surface area contributed by atoms with Crippen LogP contribution in [0.25, 0.3) is 0 Å². The van der Waals surface area contributed by atoms with Crippen LogP contribution < -0.4 is 9.80 Å². The fourth-order valence-electron chi connectivity index (χ4n) is 6.48. The first-order valence-corrected chi connectivity index (χ1v) is 16.7. The molecule has 0 unspecified atom stereocenters. The zero-order valence-corrected chi connectivity index (χ0v) is 27.8. The maximum Gasteiger partial charge on any atom is 0.244 e. The van der Waals surface area contributed by atoms with Crippen molar-refractivity contribution in [3.05, 3.63) is 57.6 Å². The van der Waals surface area contributed by atoms with Crippen molar-refractivity contribution in [3.8, 4) is 0 Å². The number of carbonyl (C=O) groups excluding carboxylic acids is 2. The van der Waals surface area contributed by atoms with Crippen LogP contribution in [-0.4, -0.2) is 130 Å². The third kappa shape index (κ3) is 8.19. The molecule has 1 aliphatic carbocycles. The van der Waals surface area contributed by atoms with Crippen LogP contribution >= 0.6 is 23.2 Å². The molecular weight excluding hydrogens is 654 g/mol. The second-order valence-electron chi connectivity index (χ2n) is 12.8. The maximum atomic E-state index is 14.8. The number of hydrogen-bond donors (Lipinski definition) is 5. The number of halogens is 3. The van der Waals surface area contributed by atoms with Gasteiger partial charge in [-0.1, -0.05) is 35.3 Å². The Labute approximate surface area is 283 Å². The highest BCUT2D eigenvalue weighted by Crippen LogP contribution is 2.41. The Morgan fingerprint density at radius 1 is 0.979 bits per heavy atom. The third-order valence-electron chi connectivity index (χ3n) is 9.35. The molecule has 1 saturated carbocycles. The highest BCUT2D eigenvalue weighted by atomic mass is 35.5. The lowest BCUT2D eigenvalue weighted by atomic mass is 10.0. The van der Waals surface area contributed by atoms with Crippen molar-refractivity contribution < 1.29 is 39.5 Å². The topological polar surface area (TPSA) is 148 Å². The second-order valence-corrected chi connectivity index (χ2v) is 13.6. The number of benzene rings is 2. The molecule has 1 saturated heterocycles. The van der Waals surface area contributed by atoms with E-state index in [2.05, 4.69) is 4.90 Å². The van der Waals surface area contributed by atoms with Gasteiger partial charge in [0.2, 0.25) is 11.8 Å². The zero-order valence-electron chi connectivity index (χ0n) is 26.3. The normalized spacial score (nSPS) is 22.5. The van der Waals surface area contributed by atoms with Crippen LogP contribution in [0.2, 0.25) is 10.0 Å². The lowest BCUT2D eigenvalue weighted by molar-refractivity contribution is -0.137. The highest BCUT2D eigenvalue weighted by molar-refractivity contribution is 6.34. The van der Waals surface area contributed by atoms with Crippen LogP contribution in [0.1, 0.15) is 36.8 Å². The monoisotopic (exact) mass is 696 g/mol. The van der Waals surface area contributed by atoms with Gasteiger partial charge in [-0.25, -0.2) is 4.39 Å². The number of aliphatic hydroxyl groups excluding tert-OH is 5. The molecule has 0 spiro atoms. The number of amides is 2. The first-order chi connectivity index (χ1) is 22.4. The number of likely N-dealkylation sites (tertiary alicyclic amines) is 1. The number of aliphatic hydroxyl groups is 5. The van der Waals surface area contributed by atoms with Gasteiger partial charge in [-0.2, -0.15) is 0 Å². The van der Waals surface area contributed by atoms with E-state index < -0.39 is 43.2 Å². The first kappa shape index (κ1) is 35.7. The van der Waals surface area contributed by atoms with Crippen LogP contribution in [-0.2, 0) is 22.6 Å². The van der Waals surface area contributed by atoms with Crippen molar-refractivity contribution in [2.24, 2.45) is 0 Å². The fraction of sp³-hybridized carbons (Fsp3) is 0.576. The summed E-state index contributed by atoms with van der Waals surface area (Å²) in [6, 6.07) is 11.1. The Kier molecular flexibility index (Phi) is 11.7. The van der Waals surface area contributed by atoms with Gasteiger partial charge in [0.1, 0.15) is 30.6 Å². The number of hydrogen-bond acceptors (Lipinski definition) is 9. The number of likely N-dealkylation sites (N-methyl/N-ethyl adjacent to an activating group) is 1. The van der Waals surface area contributed by atoms with Gasteiger partial charge >= 0.3 is 0 Å². The summed E-state index contributed by atoms with van der Waals surface area (Å²) < 4.78 is 14.8. The average molecular weight is 698 g/mol. The van der Waals surface area contributed by atoms with Crippen LogP contribution in [0.5, 0.6) is 0 Å². The summed E-state index contributed by atoms with van der Waals surface area (Å²) in [6.07, 6.45) is -5.33. The Bertz CT molecular complexity index is 1440. The molecule has 2 aliphatic heterocycles. The molecule has 3 aliphatic rings. The number of carbonyl (C=O) groups is 2. The van der Waals surface area contributed by atoms with E-state index >= 15 is 0 Å². The fourth-order valence-corrected chi connectivity index (χ4v) is 7.01. The number of fused-ring (bicyclic) bond motifs is 1. The van der Waals surface area contributed by atoms with Gasteiger partial charge in [0.25, 0.3) is 0 Å². The Morgan fingerprint density at radius 2 is 1.62 bits per heavy atom. The van der Waals surface area contributed by atoms with E-state index in [1.165, 1.54) is 11.9 Å². The second kappa shape index (κ2) is 15.3. The Balaban J connectivity index is 1.20. The minimum atomic E-state index is -1.79. The number of nitrogens with zero attached hydrogens (tertiary/aromatic N) is 4. The lowest BCUT2D eigenvalue weighted by Crippen LogP contribution is -2.51. The van der Waals surface area contributed by atoms with Crippen LogP contribution in [0.15, 0.2) is 36.4 Å². The molecule has 2 amide bonds. The van der Waals surface area contributed by atoms with Gasteiger partial charge < -0.3 is 40.2 Å². The molecule has 2 aromatic carbocycles. The van der Waals surface area contributed by atoms with Crippen molar-refractivity contribution in [1.29, 1.82) is 0 Å². The van der Waals surface area contributed by atoms with E-state index in [1.54, 1.807) is 17.0 Å². The van der Waals surface area contributed by atoms with E-state index in [1.807, 2.05) is 29.2 Å². The summed E-state index contributed by atoms with van der Waals surface area (Å²) in [5.74, 6) is -0.511. The van der Waals surface area contributed by atoms with E-state index in [0.29, 0.717) is 33.8 Å². The number of alkyl halides is 1. The quantitative estimate of drug-likeness (QED) is 0.211. The van der Waals surface area contributed by atoms with Crippen molar-refractivity contribution in [2.75, 3.05) is 49.6 Å². The van der Waals surface area contributed by atoms with Crippen LogP contribution in [0, 0.1) is 0 Å². The summed E-state index contributed by atoms with van der Waals surface area (Å²) in [7, 11) is 1.42. The van der Waals surface area contributed by atoms with E-state index in [4.69, 9.17) is 28.3 Å². The standard InChI is InChI=1S/C33H43Cl2FN4O7/c1-37(17-28(42)31(45)32(46)29(43)18-41)30(44)9-6-19-12-24(35)20(13-23(19)34)15-38-16-21(36)14-27(38)33(47)40-11-10-39(22-7-8-22)25-4-2-3-5-26(25)40/h2-5,12-13,21-22,27-29,31-32,41-43,45-46H,6-11,14-18H2,1H3/t21-,27-,28-,29+,31+,32-/m0/s1. The van der Waals surface area contributed by atoms with Crippen molar-refractivity contribution >= 4 is 46.4 Å². The maximum absolute atomic E-state index is 14.8. The van der Waals surface area contributed by atoms with Crippen LogP contribution in [0.3, 0.4) is 0 Å². The van der Waals surface area contributed by atoms with Gasteiger partial charge in [-0.15, -0.1) is 0 Å². The molecule has 2 heterocycles.